The number of nitriles is 6. The van der Waals surface area contributed by atoms with E-state index in [9.17, 15) is 10.5 Å². The monoisotopic (exact) mass is 1830 g/mol. The van der Waals surface area contributed by atoms with Gasteiger partial charge in [-0.2, -0.15) is 61.7 Å². The number of benzene rings is 8. The zero-order chi connectivity index (χ0) is 97.2. The van der Waals surface area contributed by atoms with Crippen LogP contribution in [-0.4, -0.2) is 88.1 Å². The molecule has 0 bridgehead atoms. The fraction of sp³-hybridized carbons (Fsp3) is 0.121. The number of anilines is 10. The first-order chi connectivity index (χ1) is 67.4. The van der Waals surface area contributed by atoms with Crippen molar-refractivity contribution in [3.63, 3.8) is 0 Å². The third-order valence-corrected chi connectivity index (χ3v) is 23.1. The largest absolute Gasteiger partial charge is 0.436 e. The summed E-state index contributed by atoms with van der Waals surface area (Å²) in [6.45, 7) is 16.1. The van der Waals surface area contributed by atoms with Crippen molar-refractivity contribution in [1.82, 2.24) is 88.1 Å². The van der Waals surface area contributed by atoms with Crippen LogP contribution < -0.4 is 40.8 Å². The van der Waals surface area contributed by atoms with Gasteiger partial charge >= 0.3 is 0 Å². The van der Waals surface area contributed by atoms with Crippen LogP contribution >= 0.6 is 0 Å². The number of rotatable bonds is 20. The molecule has 678 valence electrons. The van der Waals surface area contributed by atoms with Gasteiger partial charge in [0.05, 0.1) is 97.7 Å². The van der Waals surface area contributed by atoms with E-state index in [-0.39, 0.29) is 0 Å². The Morgan fingerprint density at radius 1 is 0.309 bits per heavy atom. The van der Waals surface area contributed by atoms with E-state index in [0.29, 0.717) is 86.4 Å². The lowest BCUT2D eigenvalue weighted by atomic mass is 9.97. The van der Waals surface area contributed by atoms with Gasteiger partial charge in [0.25, 0.3) is 0 Å². The van der Waals surface area contributed by atoms with Crippen LogP contribution in [0.2, 0.25) is 0 Å². The number of hydrogen-bond donors (Lipinski definition) is 6. The van der Waals surface area contributed by atoms with Crippen molar-refractivity contribution in [1.29, 1.82) is 31.6 Å². The van der Waals surface area contributed by atoms with Crippen molar-refractivity contribution in [3.05, 3.63) is 334 Å². The maximum atomic E-state index is 9.49. The molecule has 0 radical (unpaired) electrons. The summed E-state index contributed by atoms with van der Waals surface area (Å²) in [4.78, 5) is 45.7. The molecule has 139 heavy (non-hydrogen) atoms. The summed E-state index contributed by atoms with van der Waals surface area (Å²) in [6.07, 6.45) is 19.8. The molecule has 0 aliphatic carbocycles. The molecule has 32 nitrogen and oxygen atoms in total. The highest BCUT2D eigenvalue weighted by Gasteiger charge is 2.24. The average Bonchev–Trinajstić information content (AvgIpc) is 1.70. The van der Waals surface area contributed by atoms with Crippen LogP contribution in [0.4, 0.5) is 58.0 Å². The molecule has 8 aromatic carbocycles. The molecule has 0 amide bonds. The first-order valence-corrected chi connectivity index (χ1v) is 43.7. The van der Waals surface area contributed by atoms with E-state index in [2.05, 4.69) is 155 Å². The fourth-order valence-corrected chi connectivity index (χ4v) is 16.3. The lowest BCUT2D eigenvalue weighted by Gasteiger charge is -2.17. The number of aromatic amines is 1. The van der Waals surface area contributed by atoms with Gasteiger partial charge in [0.2, 0.25) is 41.4 Å². The smallest absolute Gasteiger partial charge is 0.249 e. The van der Waals surface area contributed by atoms with Crippen molar-refractivity contribution in [3.8, 4) is 116 Å². The molecule has 20 aromatic rings. The molecule has 0 saturated heterocycles. The Morgan fingerprint density at radius 3 is 1.04 bits per heavy atom. The average molecular weight is 1830 g/mol. The Kier molecular flexibility index (Phi) is 26.1. The van der Waals surface area contributed by atoms with Crippen LogP contribution in [0.1, 0.15) is 77.9 Å². The molecule has 0 aliphatic rings. The third kappa shape index (κ3) is 19.9. The van der Waals surface area contributed by atoms with Gasteiger partial charge in [-0.15, -0.1) is 0 Å². The molecular weight excluding hydrogens is 1740 g/mol. The number of hydrogen-bond acceptors (Lipinski definition) is 26. The number of nitrogens with one attached hydrogen (secondary N) is 6. The lowest BCUT2D eigenvalue weighted by molar-refractivity contribution is 0.459. The van der Waals surface area contributed by atoms with Crippen molar-refractivity contribution < 1.29 is 14.2 Å². The van der Waals surface area contributed by atoms with Crippen LogP contribution in [-0.2, 0) is 35.2 Å². The molecule has 0 atom stereocenters. The molecule has 0 unspecified atom stereocenters. The van der Waals surface area contributed by atoms with Crippen LogP contribution in [0.15, 0.2) is 256 Å². The highest BCUT2D eigenvalue weighted by Crippen LogP contribution is 2.43. The standard InChI is InChI=1S/C28H22N8.C28H21N7O.C26H23N7O.C25H21N7O/c1-17-12-20(23-8-10-31-16-21(23)15-30)13-18(2)25(17)34-27-26-24(9-11-36(26)3)33-28(35-27)32-22-6-4-19(14-29)5-7-22;1-17-12-21(23-16-31-10-8-20(23)15-30)13-18(2)26(17)36-27-25-24(9-11-35(25)3)33-28(34-27)32-22-6-4-19(14-29)5-7-22;1-16-13-19(22-9-11-28-33(22)4)14-17(2)24(16)34-25-23-21(10-12-32(23)3)30-26(31-25)29-20-7-5-18(15-27)6-8-20;1-15-10-18(19-13-27-28-14-19)11-16(2)23(15)33-24-22-21(8-9-32(22)3)30-25(31-24)29-20-6-4-17(12-26)5-7-20/h4-13,16H,1-3H3,(H2,32,33,34,35);4-13,16H,1-3H3,(H,32,33,34);5-14H,1-4H3,(H,29,30,31);4-11,13-14H,1-3H3,(H,27,28)(H,29,30,31). The zero-order valence-electron chi connectivity index (χ0n) is 77.8. The van der Waals surface area contributed by atoms with E-state index in [1.807, 2.05) is 229 Å². The molecule has 0 fully saturated rings. The third-order valence-electron chi connectivity index (χ3n) is 23.1. The molecule has 12 aromatic heterocycles. The highest BCUT2D eigenvalue weighted by atomic mass is 16.5. The number of ether oxygens (including phenoxy) is 3. The lowest BCUT2D eigenvalue weighted by Crippen LogP contribution is -2.05. The van der Waals surface area contributed by atoms with Crippen LogP contribution in [0.5, 0.6) is 34.9 Å². The molecule has 20 rings (SSSR count). The second-order valence-electron chi connectivity index (χ2n) is 33.0. The maximum Gasteiger partial charge on any atom is 0.249 e. The summed E-state index contributed by atoms with van der Waals surface area (Å²) in [6, 6.07) is 71.1. The van der Waals surface area contributed by atoms with Crippen LogP contribution in [0, 0.1) is 123 Å². The van der Waals surface area contributed by atoms with E-state index in [1.165, 1.54) is 0 Å². The summed E-state index contributed by atoms with van der Waals surface area (Å²) < 4.78 is 28.9. The van der Waals surface area contributed by atoms with Gasteiger partial charge in [-0.3, -0.25) is 19.7 Å². The van der Waals surface area contributed by atoms with Gasteiger partial charge in [-0.25, -0.2) is 19.9 Å². The van der Waals surface area contributed by atoms with Crippen molar-refractivity contribution in [2.24, 2.45) is 35.2 Å². The van der Waals surface area contributed by atoms with E-state index in [0.717, 1.165) is 173 Å². The topological polar surface area (TPSA) is 426 Å². The molecule has 0 saturated carbocycles. The number of aromatic nitrogens is 18. The number of fused-ring (bicyclic) bond motifs is 4. The number of pyridine rings is 2. The fourth-order valence-electron chi connectivity index (χ4n) is 16.3. The minimum atomic E-state index is 0.384. The number of H-pyrrole nitrogens is 1. The molecule has 6 N–H and O–H groups in total. The number of aryl methyl sites for hydroxylation is 13. The van der Waals surface area contributed by atoms with Gasteiger partial charge < -0.3 is 59.1 Å². The van der Waals surface area contributed by atoms with Crippen LogP contribution in [0.3, 0.4) is 0 Å². The SMILES string of the molecule is Cc1cc(-c2ccncc2C#N)cc(C)c1Nc1nc(Nc2ccc(C#N)cc2)nc2ccn(C)c12.Cc1cc(-c2ccnn2C)cc(C)c1Oc1nc(Nc2ccc(C#N)cc2)nc2ccn(C)c12.Cc1cc(-c2cn[nH]c2)cc(C)c1Oc1nc(Nc2ccc(C#N)cc2)nc2ccn(C)c12.Cc1cc(-c2cnccc2C#N)cc(C)c1Oc1nc(Nc2ccc(C#N)cc2)nc2ccn(C)c12. The second-order valence-corrected chi connectivity index (χ2v) is 33.0. The van der Waals surface area contributed by atoms with E-state index >= 15 is 0 Å². The Labute approximate surface area is 798 Å². The molecule has 32 heteroatoms. The molecule has 0 aliphatic heterocycles. The zero-order valence-corrected chi connectivity index (χ0v) is 77.8. The predicted octanol–water partition coefficient (Wildman–Crippen LogP) is 22.6. The van der Waals surface area contributed by atoms with Gasteiger partial charge in [0.15, 0.2) is 5.82 Å². The summed E-state index contributed by atoms with van der Waals surface area (Å²) in [5.74, 6) is 5.89. The second kappa shape index (κ2) is 39.8. The first kappa shape index (κ1) is 91.2. The highest BCUT2D eigenvalue weighted by molar-refractivity contribution is 5.92. The maximum absolute atomic E-state index is 9.49. The van der Waals surface area contributed by atoms with E-state index < -0.39 is 0 Å². The Hall–Kier alpha value is -19.7. The minimum absolute atomic E-state index is 0.384. The Morgan fingerprint density at radius 2 is 0.662 bits per heavy atom. The quantitative estimate of drug-likeness (QED) is 0.0413. The van der Waals surface area contributed by atoms with Crippen molar-refractivity contribution >= 4 is 102 Å². The summed E-state index contributed by atoms with van der Waals surface area (Å²) in [7, 11) is 9.69. The van der Waals surface area contributed by atoms with Gasteiger partial charge in [-0.1, -0.05) is 0 Å². The van der Waals surface area contributed by atoms with E-state index in [1.54, 1.807) is 104 Å². The predicted molar refractivity (Wildman–Crippen MR) is 535 cm³/mol. The van der Waals surface area contributed by atoms with Gasteiger partial charge in [0.1, 0.15) is 45.4 Å². The van der Waals surface area contributed by atoms with Gasteiger partial charge in [-0.05, 0) is 305 Å². The molecular formula is C107H87N29O3. The van der Waals surface area contributed by atoms with Gasteiger partial charge in [0, 0.05) is 148 Å². The summed E-state index contributed by atoms with van der Waals surface area (Å²) in [5.41, 5.74) is 29.4. The normalized spacial score (nSPS) is 10.7. The van der Waals surface area contributed by atoms with Crippen molar-refractivity contribution in [2.45, 2.75) is 55.4 Å². The first-order valence-electron chi connectivity index (χ1n) is 43.7. The Balaban J connectivity index is 0.000000128. The Bertz CT molecular complexity index is 8030. The van der Waals surface area contributed by atoms with E-state index in [4.69, 9.17) is 45.2 Å². The molecule has 0 spiro atoms. The van der Waals surface area contributed by atoms with Crippen molar-refractivity contribution in [2.75, 3.05) is 26.6 Å². The number of nitrogens with zero attached hydrogens (tertiary/aromatic N) is 23. The summed E-state index contributed by atoms with van der Waals surface area (Å²) >= 11 is 0. The minimum Gasteiger partial charge on any atom is -0.436 e. The van der Waals surface area contributed by atoms with Crippen LogP contribution in [0.25, 0.3) is 88.8 Å². The summed E-state index contributed by atoms with van der Waals surface area (Å²) in [5, 5.41) is 82.7. The molecule has 12 heterocycles.